The Bertz CT molecular complexity index is 742. The molecule has 0 aliphatic heterocycles. The van der Waals surface area contributed by atoms with Gasteiger partial charge in [0.05, 0.1) is 5.69 Å². The van der Waals surface area contributed by atoms with Crippen molar-refractivity contribution in [2.75, 3.05) is 11.5 Å². The maximum Gasteiger partial charge on any atom is 0.187 e. The molecule has 2 aromatic carbocycles. The second kappa shape index (κ2) is 4.65. The Kier molecular flexibility index (Phi) is 2.83. The Labute approximate surface area is 116 Å². The molecule has 0 atom stereocenters. The molecular weight excluding hydrogens is 252 g/mol. The van der Waals surface area contributed by atoms with Crippen molar-refractivity contribution in [2.45, 2.75) is 6.92 Å². The number of hydrogen-bond donors (Lipinski definition) is 2. The molecule has 0 saturated carbocycles. The van der Waals surface area contributed by atoms with Gasteiger partial charge in [-0.15, -0.1) is 5.10 Å². The van der Waals surface area contributed by atoms with E-state index in [4.69, 9.17) is 11.5 Å². The van der Waals surface area contributed by atoms with Crippen molar-refractivity contribution >= 4 is 11.4 Å². The fourth-order valence-corrected chi connectivity index (χ4v) is 2.11. The van der Waals surface area contributed by atoms with Gasteiger partial charge in [-0.1, -0.05) is 12.1 Å². The lowest BCUT2D eigenvalue weighted by Crippen LogP contribution is -2.01. The summed E-state index contributed by atoms with van der Waals surface area (Å²) in [6, 6.07) is 13.2. The first-order chi connectivity index (χ1) is 9.63. The molecule has 100 valence electrons. The summed E-state index contributed by atoms with van der Waals surface area (Å²) in [4.78, 5) is 0. The zero-order chi connectivity index (χ0) is 14.1. The Balaban J connectivity index is 2.15. The van der Waals surface area contributed by atoms with Gasteiger partial charge in [-0.25, -0.2) is 0 Å². The van der Waals surface area contributed by atoms with Crippen LogP contribution in [0.4, 0.5) is 11.4 Å². The highest BCUT2D eigenvalue weighted by Crippen LogP contribution is 2.24. The summed E-state index contributed by atoms with van der Waals surface area (Å²) in [5.41, 5.74) is 15.6. The SMILES string of the molecule is Cc1cccc(-n2nnnc2-c2cc(N)cc(N)c2)c1. The zero-order valence-electron chi connectivity index (χ0n) is 11.0. The first kappa shape index (κ1) is 12.2. The molecule has 4 N–H and O–H groups in total. The molecule has 0 amide bonds. The third-order valence-corrected chi connectivity index (χ3v) is 2.95. The van der Waals surface area contributed by atoms with E-state index >= 15 is 0 Å². The standard InChI is InChI=1S/C14H14N6/c1-9-3-2-4-13(5-9)20-14(17-18-19-20)10-6-11(15)8-12(16)7-10/h2-8H,15-16H2,1H3. The number of tetrazole rings is 1. The van der Waals surface area contributed by atoms with E-state index in [1.807, 2.05) is 31.2 Å². The summed E-state index contributed by atoms with van der Waals surface area (Å²) >= 11 is 0. The van der Waals surface area contributed by atoms with Crippen molar-refractivity contribution in [1.29, 1.82) is 0 Å². The van der Waals surface area contributed by atoms with Crippen LogP contribution in [0.5, 0.6) is 0 Å². The van der Waals surface area contributed by atoms with Crippen molar-refractivity contribution in [3.8, 4) is 17.1 Å². The van der Waals surface area contributed by atoms with Gasteiger partial charge in [-0.2, -0.15) is 4.68 Å². The largest absolute Gasteiger partial charge is 0.399 e. The molecule has 0 saturated heterocycles. The van der Waals surface area contributed by atoms with Gasteiger partial charge in [0.2, 0.25) is 0 Å². The van der Waals surface area contributed by atoms with Crippen LogP contribution in [0.15, 0.2) is 42.5 Å². The van der Waals surface area contributed by atoms with Crippen LogP contribution >= 0.6 is 0 Å². The highest BCUT2D eigenvalue weighted by atomic mass is 15.5. The van der Waals surface area contributed by atoms with E-state index in [0.717, 1.165) is 16.8 Å². The third kappa shape index (κ3) is 2.18. The molecule has 0 fully saturated rings. The predicted molar refractivity (Wildman–Crippen MR) is 78.2 cm³/mol. The lowest BCUT2D eigenvalue weighted by molar-refractivity contribution is 0.790. The minimum atomic E-state index is 0.582. The highest BCUT2D eigenvalue weighted by Gasteiger charge is 2.11. The van der Waals surface area contributed by atoms with Gasteiger partial charge in [0.25, 0.3) is 0 Å². The van der Waals surface area contributed by atoms with Crippen LogP contribution in [0.3, 0.4) is 0 Å². The molecular formula is C14H14N6. The number of benzene rings is 2. The molecule has 1 aromatic heterocycles. The molecule has 0 unspecified atom stereocenters. The van der Waals surface area contributed by atoms with E-state index < -0.39 is 0 Å². The number of rotatable bonds is 2. The second-order valence-corrected chi connectivity index (χ2v) is 4.64. The molecule has 3 aromatic rings. The summed E-state index contributed by atoms with van der Waals surface area (Å²) < 4.78 is 1.67. The van der Waals surface area contributed by atoms with E-state index in [0.29, 0.717) is 17.2 Å². The van der Waals surface area contributed by atoms with Crippen molar-refractivity contribution in [3.63, 3.8) is 0 Å². The predicted octanol–water partition coefficient (Wildman–Crippen LogP) is 1.80. The molecule has 0 spiro atoms. The molecule has 6 heteroatoms. The van der Waals surface area contributed by atoms with Crippen molar-refractivity contribution < 1.29 is 0 Å². The minimum Gasteiger partial charge on any atom is -0.399 e. The zero-order valence-corrected chi connectivity index (χ0v) is 11.0. The number of anilines is 2. The molecule has 0 aliphatic rings. The Morgan fingerprint density at radius 2 is 1.75 bits per heavy atom. The number of nitrogen functional groups attached to an aromatic ring is 2. The van der Waals surface area contributed by atoms with Crippen LogP contribution < -0.4 is 11.5 Å². The second-order valence-electron chi connectivity index (χ2n) is 4.64. The number of aromatic nitrogens is 4. The summed E-state index contributed by atoms with van der Waals surface area (Å²) in [7, 11) is 0. The van der Waals surface area contributed by atoms with Crippen LogP contribution in [0.1, 0.15) is 5.56 Å². The summed E-state index contributed by atoms with van der Waals surface area (Å²) in [5.74, 6) is 0.606. The molecule has 20 heavy (non-hydrogen) atoms. The fraction of sp³-hybridized carbons (Fsp3) is 0.0714. The van der Waals surface area contributed by atoms with Crippen LogP contribution in [-0.4, -0.2) is 20.2 Å². The van der Waals surface area contributed by atoms with Gasteiger partial charge in [-0.05, 0) is 53.2 Å². The maximum atomic E-state index is 5.82. The Morgan fingerprint density at radius 1 is 1.00 bits per heavy atom. The number of nitrogens with zero attached hydrogens (tertiary/aromatic N) is 4. The number of nitrogens with two attached hydrogens (primary N) is 2. The Hall–Kier alpha value is -2.89. The number of aryl methyl sites for hydroxylation is 1. The average Bonchev–Trinajstić information content (AvgIpc) is 2.86. The lowest BCUT2D eigenvalue weighted by atomic mass is 10.1. The van der Waals surface area contributed by atoms with Crippen LogP contribution in [0.25, 0.3) is 17.1 Å². The monoisotopic (exact) mass is 266 g/mol. The van der Waals surface area contributed by atoms with Crippen molar-refractivity contribution in [2.24, 2.45) is 0 Å². The minimum absolute atomic E-state index is 0.582. The first-order valence-electron chi connectivity index (χ1n) is 6.15. The molecule has 1 heterocycles. The van der Waals surface area contributed by atoms with Gasteiger partial charge >= 0.3 is 0 Å². The third-order valence-electron chi connectivity index (χ3n) is 2.95. The van der Waals surface area contributed by atoms with Crippen molar-refractivity contribution in [3.05, 3.63) is 48.0 Å². The van der Waals surface area contributed by atoms with Gasteiger partial charge in [0.15, 0.2) is 5.82 Å². The quantitative estimate of drug-likeness (QED) is 0.689. The molecule has 0 aliphatic carbocycles. The van der Waals surface area contributed by atoms with Crippen LogP contribution in [0.2, 0.25) is 0 Å². The fourth-order valence-electron chi connectivity index (χ4n) is 2.11. The smallest absolute Gasteiger partial charge is 0.187 e. The summed E-state index contributed by atoms with van der Waals surface area (Å²) in [5, 5.41) is 11.8. The summed E-state index contributed by atoms with van der Waals surface area (Å²) in [6.07, 6.45) is 0. The van der Waals surface area contributed by atoms with Gasteiger partial charge in [0, 0.05) is 16.9 Å². The number of hydrogen-bond acceptors (Lipinski definition) is 5. The Morgan fingerprint density at radius 3 is 2.45 bits per heavy atom. The summed E-state index contributed by atoms with van der Waals surface area (Å²) in [6.45, 7) is 2.02. The molecule has 6 nitrogen and oxygen atoms in total. The normalized spacial score (nSPS) is 10.7. The van der Waals surface area contributed by atoms with E-state index in [1.54, 1.807) is 22.9 Å². The van der Waals surface area contributed by atoms with Crippen LogP contribution in [-0.2, 0) is 0 Å². The van der Waals surface area contributed by atoms with E-state index in [2.05, 4.69) is 15.5 Å². The lowest BCUT2D eigenvalue weighted by Gasteiger charge is -2.07. The van der Waals surface area contributed by atoms with Gasteiger partial charge < -0.3 is 11.5 Å². The maximum absolute atomic E-state index is 5.82. The first-order valence-corrected chi connectivity index (χ1v) is 6.15. The van der Waals surface area contributed by atoms with Crippen LogP contribution in [0, 0.1) is 6.92 Å². The van der Waals surface area contributed by atoms with Gasteiger partial charge in [0.1, 0.15) is 0 Å². The molecule has 0 radical (unpaired) electrons. The molecule has 3 rings (SSSR count). The van der Waals surface area contributed by atoms with Gasteiger partial charge in [-0.3, -0.25) is 0 Å². The van der Waals surface area contributed by atoms with E-state index in [-0.39, 0.29) is 0 Å². The van der Waals surface area contributed by atoms with E-state index in [9.17, 15) is 0 Å². The molecule has 0 bridgehead atoms. The topological polar surface area (TPSA) is 95.6 Å². The van der Waals surface area contributed by atoms with E-state index in [1.165, 1.54) is 0 Å². The highest BCUT2D eigenvalue weighted by molar-refractivity contribution is 5.68. The average molecular weight is 266 g/mol. The van der Waals surface area contributed by atoms with Crippen molar-refractivity contribution in [1.82, 2.24) is 20.2 Å².